The summed E-state index contributed by atoms with van der Waals surface area (Å²) in [6.07, 6.45) is 2.08. The van der Waals surface area contributed by atoms with Gasteiger partial charge in [0.05, 0.1) is 0 Å². The van der Waals surface area contributed by atoms with E-state index in [9.17, 15) is 4.79 Å². The van der Waals surface area contributed by atoms with Crippen LogP contribution >= 0.6 is 28.3 Å². The second-order valence-corrected chi connectivity index (χ2v) is 5.94. The van der Waals surface area contributed by atoms with Crippen molar-refractivity contribution < 1.29 is 9.90 Å². The number of carboxylic acid groups (broad SMARTS) is 1. The summed E-state index contributed by atoms with van der Waals surface area (Å²) in [5.74, 6) is -0.341. The highest BCUT2D eigenvalue weighted by Crippen LogP contribution is 2.25. The molecule has 2 heterocycles. The van der Waals surface area contributed by atoms with E-state index in [0.717, 1.165) is 30.4 Å². The minimum Gasteiger partial charge on any atom is -0.476 e. The molecule has 0 unspecified atom stereocenters. The predicted molar refractivity (Wildman–Crippen MR) is 89.8 cm³/mol. The Hall–Kier alpha value is -1.66. The van der Waals surface area contributed by atoms with Crippen LogP contribution in [0.4, 0.5) is 5.82 Å². The lowest BCUT2D eigenvalue weighted by Gasteiger charge is -2.21. The van der Waals surface area contributed by atoms with E-state index in [0.29, 0.717) is 5.82 Å². The van der Waals surface area contributed by atoms with Gasteiger partial charge in [0, 0.05) is 17.6 Å². The van der Waals surface area contributed by atoms with Crippen molar-refractivity contribution in [3.8, 4) is 0 Å². The summed E-state index contributed by atoms with van der Waals surface area (Å²) in [6.45, 7) is 1.64. The van der Waals surface area contributed by atoms with Gasteiger partial charge in [-0.05, 0) is 48.2 Å². The standard InChI is InChI=1S/C15H14BrN3O2.ClH/c16-12-4-3-10-2-1-7-19(9-11(10)8-12)14-6-5-13(15(20)21)17-18-14;/h3-6,8H,1-2,7,9H2,(H,20,21);1H. The van der Waals surface area contributed by atoms with Crippen LogP contribution in [-0.4, -0.2) is 27.8 Å². The minimum atomic E-state index is -1.06. The van der Waals surface area contributed by atoms with Crippen LogP contribution in [0.1, 0.15) is 28.0 Å². The summed E-state index contributed by atoms with van der Waals surface area (Å²) >= 11 is 3.51. The van der Waals surface area contributed by atoms with Gasteiger partial charge in [0.2, 0.25) is 0 Å². The van der Waals surface area contributed by atoms with Gasteiger partial charge in [0.15, 0.2) is 11.5 Å². The first kappa shape index (κ1) is 16.7. The maximum absolute atomic E-state index is 10.8. The van der Waals surface area contributed by atoms with Gasteiger partial charge in [-0.2, -0.15) is 0 Å². The molecule has 0 aliphatic carbocycles. The molecule has 1 N–H and O–H groups in total. The number of hydrogen-bond donors (Lipinski definition) is 1. The van der Waals surface area contributed by atoms with Crippen molar-refractivity contribution in [1.82, 2.24) is 10.2 Å². The summed E-state index contributed by atoms with van der Waals surface area (Å²) in [4.78, 5) is 13.0. The smallest absolute Gasteiger partial charge is 0.356 e. The fraction of sp³-hybridized carbons (Fsp3) is 0.267. The minimum absolute atomic E-state index is 0. The lowest BCUT2D eigenvalue weighted by atomic mass is 10.0. The van der Waals surface area contributed by atoms with Crippen LogP contribution in [-0.2, 0) is 13.0 Å². The first-order valence-electron chi connectivity index (χ1n) is 6.73. The second-order valence-electron chi connectivity index (χ2n) is 5.02. The van der Waals surface area contributed by atoms with Gasteiger partial charge in [0.1, 0.15) is 0 Å². The number of aromatic carboxylic acids is 1. The van der Waals surface area contributed by atoms with Gasteiger partial charge in [-0.3, -0.25) is 0 Å². The third-order valence-electron chi connectivity index (χ3n) is 3.60. The highest BCUT2D eigenvalue weighted by atomic mass is 79.9. The Morgan fingerprint density at radius 2 is 2.00 bits per heavy atom. The van der Waals surface area contributed by atoms with Gasteiger partial charge in [0.25, 0.3) is 0 Å². The molecule has 22 heavy (non-hydrogen) atoms. The largest absolute Gasteiger partial charge is 0.476 e. The molecule has 0 radical (unpaired) electrons. The highest BCUT2D eigenvalue weighted by Gasteiger charge is 2.17. The van der Waals surface area contributed by atoms with Gasteiger partial charge < -0.3 is 10.0 Å². The van der Waals surface area contributed by atoms with Crippen LogP contribution in [0.5, 0.6) is 0 Å². The summed E-state index contributed by atoms with van der Waals surface area (Å²) < 4.78 is 1.07. The summed E-state index contributed by atoms with van der Waals surface area (Å²) in [5.41, 5.74) is 2.60. The maximum Gasteiger partial charge on any atom is 0.356 e. The molecule has 5 nitrogen and oxygen atoms in total. The van der Waals surface area contributed by atoms with E-state index < -0.39 is 5.97 Å². The first-order valence-corrected chi connectivity index (χ1v) is 7.52. The number of halogens is 2. The molecule has 116 valence electrons. The highest BCUT2D eigenvalue weighted by molar-refractivity contribution is 9.10. The zero-order valence-corrected chi connectivity index (χ0v) is 14.1. The number of hydrogen-bond acceptors (Lipinski definition) is 4. The zero-order valence-electron chi connectivity index (χ0n) is 11.7. The Balaban J connectivity index is 0.00000176. The fourth-order valence-electron chi connectivity index (χ4n) is 2.53. The number of anilines is 1. The molecule has 0 saturated carbocycles. The maximum atomic E-state index is 10.8. The Morgan fingerprint density at radius 3 is 2.68 bits per heavy atom. The van der Waals surface area contributed by atoms with Crippen LogP contribution in [0.25, 0.3) is 0 Å². The Bertz CT molecular complexity index is 679. The molecular formula is C15H15BrClN3O2. The summed E-state index contributed by atoms with van der Waals surface area (Å²) in [6, 6.07) is 9.57. The van der Waals surface area contributed by atoms with Crippen LogP contribution in [0.3, 0.4) is 0 Å². The molecule has 0 amide bonds. The molecule has 0 saturated heterocycles. The van der Waals surface area contributed by atoms with Crippen molar-refractivity contribution in [2.75, 3.05) is 11.4 Å². The average Bonchev–Trinajstić information content (AvgIpc) is 2.69. The molecule has 1 aliphatic heterocycles. The topological polar surface area (TPSA) is 66.3 Å². The van der Waals surface area contributed by atoms with E-state index in [1.807, 2.05) is 0 Å². The van der Waals surface area contributed by atoms with E-state index in [2.05, 4.69) is 49.2 Å². The lowest BCUT2D eigenvalue weighted by molar-refractivity contribution is 0.0689. The molecule has 3 rings (SSSR count). The van der Waals surface area contributed by atoms with Crippen LogP contribution < -0.4 is 4.90 Å². The third kappa shape index (κ3) is 3.56. The van der Waals surface area contributed by atoms with E-state index in [1.54, 1.807) is 6.07 Å². The van der Waals surface area contributed by atoms with E-state index in [4.69, 9.17) is 5.11 Å². The first-order chi connectivity index (χ1) is 10.1. The number of fused-ring (bicyclic) bond motifs is 1. The molecular weight excluding hydrogens is 370 g/mol. The molecule has 1 aromatic carbocycles. The van der Waals surface area contributed by atoms with Crippen LogP contribution in [0.15, 0.2) is 34.8 Å². The lowest BCUT2D eigenvalue weighted by Crippen LogP contribution is -2.24. The third-order valence-corrected chi connectivity index (χ3v) is 4.09. The monoisotopic (exact) mass is 383 g/mol. The summed E-state index contributed by atoms with van der Waals surface area (Å²) in [5, 5.41) is 16.7. The molecule has 1 aromatic heterocycles. The van der Waals surface area contributed by atoms with Crippen molar-refractivity contribution in [2.24, 2.45) is 0 Å². The molecule has 0 spiro atoms. The van der Waals surface area contributed by atoms with Crippen LogP contribution in [0, 0.1) is 0 Å². The number of aromatic nitrogens is 2. The second kappa shape index (κ2) is 7.07. The molecule has 0 fully saturated rings. The van der Waals surface area contributed by atoms with Gasteiger partial charge in [-0.1, -0.05) is 22.0 Å². The fourth-order valence-corrected chi connectivity index (χ4v) is 2.94. The Labute approximate surface area is 142 Å². The van der Waals surface area contributed by atoms with Gasteiger partial charge in [-0.15, -0.1) is 22.6 Å². The van der Waals surface area contributed by atoms with Crippen molar-refractivity contribution in [3.05, 3.63) is 51.6 Å². The Morgan fingerprint density at radius 1 is 1.18 bits per heavy atom. The molecule has 0 bridgehead atoms. The van der Waals surface area contributed by atoms with E-state index in [-0.39, 0.29) is 18.1 Å². The van der Waals surface area contributed by atoms with Crippen molar-refractivity contribution in [1.29, 1.82) is 0 Å². The molecule has 1 aliphatic rings. The normalized spacial score (nSPS) is 13.8. The SMILES string of the molecule is Cl.O=C(O)c1ccc(N2CCCc3ccc(Br)cc3C2)nn1. The molecule has 2 aromatic rings. The number of nitrogens with zero attached hydrogens (tertiary/aromatic N) is 3. The number of benzene rings is 1. The summed E-state index contributed by atoms with van der Waals surface area (Å²) in [7, 11) is 0. The van der Waals surface area contributed by atoms with Crippen molar-refractivity contribution in [3.63, 3.8) is 0 Å². The number of carbonyl (C=O) groups is 1. The van der Waals surface area contributed by atoms with Gasteiger partial charge >= 0.3 is 5.97 Å². The molecule has 7 heteroatoms. The number of rotatable bonds is 2. The number of carboxylic acids is 1. The predicted octanol–water partition coefficient (Wildman–Crippen LogP) is 3.31. The number of aryl methyl sites for hydroxylation is 1. The molecule has 0 atom stereocenters. The zero-order chi connectivity index (χ0) is 14.8. The van der Waals surface area contributed by atoms with E-state index in [1.165, 1.54) is 17.2 Å². The van der Waals surface area contributed by atoms with Crippen molar-refractivity contribution >= 4 is 40.1 Å². The van der Waals surface area contributed by atoms with Crippen molar-refractivity contribution in [2.45, 2.75) is 19.4 Å². The van der Waals surface area contributed by atoms with Gasteiger partial charge in [-0.25, -0.2) is 4.79 Å². The van der Waals surface area contributed by atoms with E-state index >= 15 is 0 Å². The average molecular weight is 385 g/mol. The quantitative estimate of drug-likeness (QED) is 0.860. The van der Waals surface area contributed by atoms with Crippen LogP contribution in [0.2, 0.25) is 0 Å². The Kier molecular flexibility index (Phi) is 5.37.